The first-order valence-corrected chi connectivity index (χ1v) is 4.32. The van der Waals surface area contributed by atoms with Gasteiger partial charge >= 0.3 is 0 Å². The summed E-state index contributed by atoms with van der Waals surface area (Å²) in [6, 6.07) is 0. The molecule has 58 valence electrons. The van der Waals surface area contributed by atoms with E-state index in [1.807, 2.05) is 0 Å². The van der Waals surface area contributed by atoms with Gasteiger partial charge in [0.15, 0.2) is 0 Å². The molecule has 2 nitrogen and oxygen atoms in total. The van der Waals surface area contributed by atoms with Gasteiger partial charge in [-0.05, 0) is 38.8 Å². The molecule has 2 heteroatoms. The SMILES string of the molecule is NCC12CCCN1CCC2. The maximum absolute atomic E-state index is 5.77. The fraction of sp³-hybridized carbons (Fsp3) is 1.00. The molecule has 0 bridgehead atoms. The Morgan fingerprint density at radius 3 is 2.20 bits per heavy atom. The van der Waals surface area contributed by atoms with E-state index in [0.29, 0.717) is 5.54 Å². The summed E-state index contributed by atoms with van der Waals surface area (Å²) >= 11 is 0. The van der Waals surface area contributed by atoms with Gasteiger partial charge in [0.1, 0.15) is 0 Å². The summed E-state index contributed by atoms with van der Waals surface area (Å²) in [5.74, 6) is 0. The molecule has 2 N–H and O–H groups in total. The fourth-order valence-corrected chi connectivity index (χ4v) is 2.56. The number of hydrogen-bond donors (Lipinski definition) is 1. The van der Waals surface area contributed by atoms with Crippen molar-refractivity contribution < 1.29 is 0 Å². The van der Waals surface area contributed by atoms with Crippen LogP contribution >= 0.6 is 0 Å². The molecule has 0 spiro atoms. The number of rotatable bonds is 1. The van der Waals surface area contributed by atoms with Crippen molar-refractivity contribution in [3.63, 3.8) is 0 Å². The minimum absolute atomic E-state index is 0.458. The first-order valence-electron chi connectivity index (χ1n) is 4.32. The summed E-state index contributed by atoms with van der Waals surface area (Å²) in [7, 11) is 0. The molecule has 0 radical (unpaired) electrons. The monoisotopic (exact) mass is 140 g/mol. The Balaban J connectivity index is 2.15. The minimum Gasteiger partial charge on any atom is -0.329 e. The lowest BCUT2D eigenvalue weighted by atomic mass is 9.95. The summed E-state index contributed by atoms with van der Waals surface area (Å²) < 4.78 is 0. The van der Waals surface area contributed by atoms with Gasteiger partial charge in [0, 0.05) is 12.1 Å². The second-order valence-electron chi connectivity index (χ2n) is 3.62. The lowest BCUT2D eigenvalue weighted by molar-refractivity contribution is 0.204. The highest BCUT2D eigenvalue weighted by atomic mass is 15.2. The molecule has 2 aliphatic heterocycles. The standard InChI is InChI=1S/C8H16N2/c9-7-8-3-1-5-10(8)6-2-4-8/h1-7,9H2. The van der Waals surface area contributed by atoms with Gasteiger partial charge in [-0.3, -0.25) is 4.90 Å². The molecule has 0 saturated carbocycles. The highest BCUT2D eigenvalue weighted by molar-refractivity contribution is 5.00. The van der Waals surface area contributed by atoms with E-state index in [9.17, 15) is 0 Å². The smallest absolute Gasteiger partial charge is 0.0332 e. The summed E-state index contributed by atoms with van der Waals surface area (Å²) in [6.07, 6.45) is 5.45. The zero-order valence-electron chi connectivity index (χ0n) is 6.47. The van der Waals surface area contributed by atoms with Crippen molar-refractivity contribution in [2.75, 3.05) is 19.6 Å². The summed E-state index contributed by atoms with van der Waals surface area (Å²) in [4.78, 5) is 2.59. The van der Waals surface area contributed by atoms with Crippen LogP contribution in [0.4, 0.5) is 0 Å². The Bertz CT molecular complexity index is 123. The highest BCUT2D eigenvalue weighted by Gasteiger charge is 2.42. The van der Waals surface area contributed by atoms with Crippen LogP contribution in [0, 0.1) is 0 Å². The van der Waals surface area contributed by atoms with Crippen LogP contribution in [0.5, 0.6) is 0 Å². The van der Waals surface area contributed by atoms with E-state index in [2.05, 4.69) is 4.90 Å². The van der Waals surface area contributed by atoms with E-state index in [1.54, 1.807) is 0 Å². The zero-order chi connectivity index (χ0) is 7.03. The van der Waals surface area contributed by atoms with Gasteiger partial charge in [-0.15, -0.1) is 0 Å². The average molecular weight is 140 g/mol. The van der Waals surface area contributed by atoms with Gasteiger partial charge in [-0.25, -0.2) is 0 Å². The first kappa shape index (κ1) is 6.62. The van der Waals surface area contributed by atoms with Crippen molar-refractivity contribution in [2.45, 2.75) is 31.2 Å². The number of nitrogens with two attached hydrogens (primary N) is 1. The van der Waals surface area contributed by atoms with Crippen LogP contribution in [0.15, 0.2) is 0 Å². The lowest BCUT2D eigenvalue weighted by Gasteiger charge is -2.30. The van der Waals surface area contributed by atoms with Gasteiger partial charge in [-0.1, -0.05) is 0 Å². The molecule has 0 amide bonds. The lowest BCUT2D eigenvalue weighted by Crippen LogP contribution is -2.44. The van der Waals surface area contributed by atoms with Crippen LogP contribution in [0.2, 0.25) is 0 Å². The second-order valence-corrected chi connectivity index (χ2v) is 3.62. The maximum atomic E-state index is 5.77. The van der Waals surface area contributed by atoms with Crippen molar-refractivity contribution in [2.24, 2.45) is 5.73 Å². The predicted octanol–water partition coefficient (Wildman–Crippen LogP) is 0.573. The van der Waals surface area contributed by atoms with Gasteiger partial charge in [0.25, 0.3) is 0 Å². The Kier molecular flexibility index (Phi) is 1.46. The van der Waals surface area contributed by atoms with E-state index in [1.165, 1.54) is 38.8 Å². The van der Waals surface area contributed by atoms with E-state index < -0.39 is 0 Å². The van der Waals surface area contributed by atoms with Crippen molar-refractivity contribution in [1.29, 1.82) is 0 Å². The first-order chi connectivity index (χ1) is 4.87. The van der Waals surface area contributed by atoms with Gasteiger partial charge in [-0.2, -0.15) is 0 Å². The van der Waals surface area contributed by atoms with Gasteiger partial charge in [0.2, 0.25) is 0 Å². The molecule has 2 heterocycles. The van der Waals surface area contributed by atoms with Crippen molar-refractivity contribution in [1.82, 2.24) is 4.90 Å². The predicted molar refractivity (Wildman–Crippen MR) is 41.8 cm³/mol. The molecule has 0 unspecified atom stereocenters. The van der Waals surface area contributed by atoms with Crippen LogP contribution in [0.25, 0.3) is 0 Å². The van der Waals surface area contributed by atoms with E-state index in [-0.39, 0.29) is 0 Å². The second kappa shape index (κ2) is 2.21. The number of fused-ring (bicyclic) bond motifs is 1. The highest BCUT2D eigenvalue weighted by Crippen LogP contribution is 2.37. The van der Waals surface area contributed by atoms with Crippen molar-refractivity contribution >= 4 is 0 Å². The molecule has 0 aliphatic carbocycles. The largest absolute Gasteiger partial charge is 0.329 e. The van der Waals surface area contributed by atoms with E-state index in [4.69, 9.17) is 5.73 Å². The van der Waals surface area contributed by atoms with Crippen molar-refractivity contribution in [3.05, 3.63) is 0 Å². The topological polar surface area (TPSA) is 29.3 Å². The molecule has 2 saturated heterocycles. The summed E-state index contributed by atoms with van der Waals surface area (Å²) in [6.45, 7) is 3.49. The van der Waals surface area contributed by atoms with Crippen LogP contribution in [-0.2, 0) is 0 Å². The normalized spacial score (nSPS) is 30.9. The molecule has 10 heavy (non-hydrogen) atoms. The average Bonchev–Trinajstić information content (AvgIpc) is 2.42. The third-order valence-corrected chi connectivity index (χ3v) is 3.19. The minimum atomic E-state index is 0.458. The zero-order valence-corrected chi connectivity index (χ0v) is 6.47. The van der Waals surface area contributed by atoms with Gasteiger partial charge in [0.05, 0.1) is 0 Å². The van der Waals surface area contributed by atoms with Gasteiger partial charge < -0.3 is 5.73 Å². The Labute approximate surface area is 62.4 Å². The molecule has 2 rings (SSSR count). The molecule has 0 atom stereocenters. The third-order valence-electron chi connectivity index (χ3n) is 3.19. The fourth-order valence-electron chi connectivity index (χ4n) is 2.56. The molecule has 0 aromatic heterocycles. The molecular weight excluding hydrogens is 124 g/mol. The maximum Gasteiger partial charge on any atom is 0.0332 e. The van der Waals surface area contributed by atoms with Crippen LogP contribution in [-0.4, -0.2) is 30.1 Å². The Morgan fingerprint density at radius 1 is 1.20 bits per heavy atom. The van der Waals surface area contributed by atoms with E-state index >= 15 is 0 Å². The molecular formula is C8H16N2. The van der Waals surface area contributed by atoms with Crippen LogP contribution in [0.3, 0.4) is 0 Å². The summed E-state index contributed by atoms with van der Waals surface area (Å²) in [5.41, 5.74) is 6.23. The third kappa shape index (κ3) is 0.722. The van der Waals surface area contributed by atoms with E-state index in [0.717, 1.165) is 6.54 Å². The number of hydrogen-bond acceptors (Lipinski definition) is 2. The molecule has 2 fully saturated rings. The number of nitrogens with zero attached hydrogens (tertiary/aromatic N) is 1. The molecule has 0 aromatic carbocycles. The van der Waals surface area contributed by atoms with Crippen molar-refractivity contribution in [3.8, 4) is 0 Å². The Hall–Kier alpha value is -0.0800. The van der Waals surface area contributed by atoms with Crippen LogP contribution < -0.4 is 5.73 Å². The molecule has 2 aliphatic rings. The summed E-state index contributed by atoms with van der Waals surface area (Å²) in [5, 5.41) is 0. The van der Waals surface area contributed by atoms with Crippen LogP contribution in [0.1, 0.15) is 25.7 Å². The molecule has 0 aromatic rings. The Morgan fingerprint density at radius 2 is 1.80 bits per heavy atom. The quantitative estimate of drug-likeness (QED) is 0.577.